The fourth-order valence-corrected chi connectivity index (χ4v) is 2.55. The van der Waals surface area contributed by atoms with E-state index in [4.69, 9.17) is 0 Å². The highest BCUT2D eigenvalue weighted by atomic mass is 19.2. The number of hydrogen-bond acceptors (Lipinski definition) is 3. The summed E-state index contributed by atoms with van der Waals surface area (Å²) in [6.07, 6.45) is 2.35. The number of nitrogens with one attached hydrogen (secondary N) is 3. The van der Waals surface area contributed by atoms with Gasteiger partial charge in [0.2, 0.25) is 0 Å². The third-order valence-corrected chi connectivity index (χ3v) is 3.60. The summed E-state index contributed by atoms with van der Waals surface area (Å²) < 4.78 is 26.4. The molecular formula is C13H11F2N5. The van der Waals surface area contributed by atoms with Crippen LogP contribution in [0.3, 0.4) is 0 Å². The van der Waals surface area contributed by atoms with E-state index in [1.54, 1.807) is 6.33 Å². The Bertz CT molecular complexity index is 752. The monoisotopic (exact) mass is 275 g/mol. The van der Waals surface area contributed by atoms with Gasteiger partial charge in [-0.05, 0) is 0 Å². The van der Waals surface area contributed by atoms with Crippen molar-refractivity contribution in [2.24, 2.45) is 0 Å². The molecule has 0 radical (unpaired) electrons. The Morgan fingerprint density at radius 2 is 2.05 bits per heavy atom. The van der Waals surface area contributed by atoms with Crippen molar-refractivity contribution >= 4 is 11.0 Å². The molecule has 0 aliphatic carbocycles. The number of aromatic nitrogens is 4. The van der Waals surface area contributed by atoms with Gasteiger partial charge in [-0.2, -0.15) is 0 Å². The van der Waals surface area contributed by atoms with E-state index in [1.165, 1.54) is 0 Å². The third-order valence-electron chi connectivity index (χ3n) is 3.60. The molecule has 0 spiro atoms. The maximum Gasteiger partial charge on any atom is 0.161 e. The highest BCUT2D eigenvalue weighted by molar-refractivity contribution is 5.75. The van der Waals surface area contributed by atoms with Crippen molar-refractivity contribution < 1.29 is 8.78 Å². The topological polar surface area (TPSA) is 69.4 Å². The van der Waals surface area contributed by atoms with E-state index < -0.39 is 11.6 Å². The van der Waals surface area contributed by atoms with Crippen LogP contribution in [-0.2, 0) is 13.0 Å². The predicted octanol–water partition coefficient (Wildman–Crippen LogP) is 1.95. The van der Waals surface area contributed by atoms with Crippen LogP contribution in [-0.4, -0.2) is 19.9 Å². The van der Waals surface area contributed by atoms with Gasteiger partial charge in [0.15, 0.2) is 11.6 Å². The second-order valence-electron chi connectivity index (χ2n) is 4.87. The zero-order valence-electron chi connectivity index (χ0n) is 10.4. The van der Waals surface area contributed by atoms with Crippen LogP contribution in [0.15, 0.2) is 18.5 Å². The van der Waals surface area contributed by atoms with Gasteiger partial charge in [0.1, 0.15) is 5.82 Å². The summed E-state index contributed by atoms with van der Waals surface area (Å²) in [5.74, 6) is -1.10. The molecule has 0 saturated carbocycles. The first-order valence-corrected chi connectivity index (χ1v) is 6.30. The van der Waals surface area contributed by atoms with E-state index >= 15 is 0 Å². The molecule has 102 valence electrons. The first-order chi connectivity index (χ1) is 9.70. The number of fused-ring (bicyclic) bond motifs is 2. The minimum absolute atomic E-state index is 0.0377. The van der Waals surface area contributed by atoms with Gasteiger partial charge >= 0.3 is 0 Å². The number of imidazole rings is 2. The molecule has 3 N–H and O–H groups in total. The number of hydrogen-bond donors (Lipinski definition) is 3. The molecule has 1 aliphatic heterocycles. The summed E-state index contributed by atoms with van der Waals surface area (Å²) in [5, 5.41) is 3.32. The van der Waals surface area contributed by atoms with Crippen LogP contribution >= 0.6 is 0 Å². The maximum absolute atomic E-state index is 13.2. The zero-order valence-corrected chi connectivity index (χ0v) is 10.4. The largest absolute Gasteiger partial charge is 0.347 e. The summed E-state index contributed by atoms with van der Waals surface area (Å²) in [6.45, 7) is 0.666. The normalized spacial score (nSPS) is 18.4. The number of aromatic amines is 2. The number of nitrogens with zero attached hydrogens (tertiary/aromatic N) is 2. The van der Waals surface area contributed by atoms with Gasteiger partial charge in [-0.1, -0.05) is 0 Å². The number of halogens is 2. The molecule has 5 nitrogen and oxygen atoms in total. The minimum Gasteiger partial charge on any atom is -0.347 e. The molecule has 2 aromatic heterocycles. The van der Waals surface area contributed by atoms with Gasteiger partial charge in [0, 0.05) is 25.1 Å². The first-order valence-electron chi connectivity index (χ1n) is 6.30. The van der Waals surface area contributed by atoms with Crippen molar-refractivity contribution in [3.8, 4) is 0 Å². The van der Waals surface area contributed by atoms with Crippen molar-refractivity contribution in [3.05, 3.63) is 47.3 Å². The molecule has 7 heteroatoms. The van der Waals surface area contributed by atoms with Gasteiger partial charge in [0.25, 0.3) is 0 Å². The number of rotatable bonds is 1. The quantitative estimate of drug-likeness (QED) is 0.636. The van der Waals surface area contributed by atoms with Crippen LogP contribution in [0.4, 0.5) is 8.78 Å². The van der Waals surface area contributed by atoms with Crippen LogP contribution in [0.25, 0.3) is 11.0 Å². The van der Waals surface area contributed by atoms with Crippen LogP contribution in [0.1, 0.15) is 23.3 Å². The van der Waals surface area contributed by atoms with Crippen LogP contribution in [0, 0.1) is 11.6 Å². The zero-order chi connectivity index (χ0) is 13.7. The summed E-state index contributed by atoms with van der Waals surface area (Å²) in [7, 11) is 0. The van der Waals surface area contributed by atoms with Crippen LogP contribution in [0.5, 0.6) is 0 Å². The Hall–Kier alpha value is -2.28. The predicted molar refractivity (Wildman–Crippen MR) is 67.9 cm³/mol. The molecule has 0 fully saturated rings. The molecule has 4 rings (SSSR count). The lowest BCUT2D eigenvalue weighted by atomic mass is 10.1. The lowest BCUT2D eigenvalue weighted by molar-refractivity contribution is 0.472. The van der Waals surface area contributed by atoms with Crippen molar-refractivity contribution in [1.82, 2.24) is 25.3 Å². The lowest BCUT2D eigenvalue weighted by Gasteiger charge is -2.20. The van der Waals surface area contributed by atoms with Gasteiger partial charge in [-0.15, -0.1) is 0 Å². The Balaban J connectivity index is 1.73. The second-order valence-corrected chi connectivity index (χ2v) is 4.87. The van der Waals surface area contributed by atoms with Gasteiger partial charge in [-0.25, -0.2) is 18.7 Å². The standard InChI is InChI=1S/C13H11F2N5/c14-6-1-9-10(2-7(6)15)20-13(19-9)11-3-8-12(4-16-11)18-5-17-8/h1-2,5,11,16H,3-4H2,(H,17,18)(H,19,20). The Morgan fingerprint density at radius 3 is 2.95 bits per heavy atom. The number of benzene rings is 1. The van der Waals surface area contributed by atoms with E-state index in [1.807, 2.05) is 0 Å². The summed E-state index contributed by atoms with van der Waals surface area (Å²) in [5.41, 5.74) is 2.98. The van der Waals surface area contributed by atoms with Crippen LogP contribution < -0.4 is 5.32 Å². The molecule has 20 heavy (non-hydrogen) atoms. The summed E-state index contributed by atoms with van der Waals surface area (Å²) in [6, 6.07) is 2.20. The van der Waals surface area contributed by atoms with Gasteiger partial charge in [0.05, 0.1) is 34.8 Å². The molecule has 0 bridgehead atoms. The van der Waals surface area contributed by atoms with E-state index in [2.05, 4.69) is 25.3 Å². The van der Waals surface area contributed by atoms with E-state index in [0.29, 0.717) is 29.8 Å². The van der Waals surface area contributed by atoms with Crippen molar-refractivity contribution in [2.45, 2.75) is 19.0 Å². The highest BCUT2D eigenvalue weighted by Crippen LogP contribution is 2.24. The van der Waals surface area contributed by atoms with Gasteiger partial charge < -0.3 is 15.3 Å². The first kappa shape index (κ1) is 11.5. The lowest BCUT2D eigenvalue weighted by Crippen LogP contribution is -2.29. The summed E-state index contributed by atoms with van der Waals surface area (Å²) >= 11 is 0. The highest BCUT2D eigenvalue weighted by Gasteiger charge is 2.24. The van der Waals surface area contributed by atoms with E-state index in [0.717, 1.165) is 23.5 Å². The van der Waals surface area contributed by atoms with Crippen molar-refractivity contribution in [1.29, 1.82) is 0 Å². The fraction of sp³-hybridized carbons (Fsp3) is 0.231. The maximum atomic E-state index is 13.2. The fourth-order valence-electron chi connectivity index (χ4n) is 2.55. The van der Waals surface area contributed by atoms with Crippen molar-refractivity contribution in [3.63, 3.8) is 0 Å². The third kappa shape index (κ3) is 1.70. The molecular weight excluding hydrogens is 264 g/mol. The van der Waals surface area contributed by atoms with Crippen LogP contribution in [0.2, 0.25) is 0 Å². The molecule has 0 amide bonds. The molecule has 1 aliphatic rings. The van der Waals surface area contributed by atoms with Crippen molar-refractivity contribution in [2.75, 3.05) is 0 Å². The average Bonchev–Trinajstić information content (AvgIpc) is 3.04. The molecule has 0 saturated heterocycles. The van der Waals surface area contributed by atoms with Gasteiger partial charge in [-0.3, -0.25) is 0 Å². The Morgan fingerprint density at radius 1 is 1.20 bits per heavy atom. The summed E-state index contributed by atoms with van der Waals surface area (Å²) in [4.78, 5) is 14.7. The molecule has 1 aromatic carbocycles. The molecule has 1 unspecified atom stereocenters. The van der Waals surface area contributed by atoms with E-state index in [-0.39, 0.29) is 6.04 Å². The average molecular weight is 275 g/mol. The molecule has 3 aromatic rings. The number of H-pyrrole nitrogens is 2. The van der Waals surface area contributed by atoms with E-state index in [9.17, 15) is 8.78 Å². The Kier molecular flexibility index (Phi) is 2.37. The molecule has 3 heterocycles. The smallest absolute Gasteiger partial charge is 0.161 e. The SMILES string of the molecule is Fc1cc2nc(C3Cc4nc[nH]c4CN3)[nH]c2cc1F. The Labute approximate surface area is 112 Å². The minimum atomic E-state index is -0.887. The second kappa shape index (κ2) is 4.11. The molecule has 1 atom stereocenters.